The third-order valence-electron chi connectivity index (χ3n) is 4.01. The van der Waals surface area contributed by atoms with Gasteiger partial charge in [-0.2, -0.15) is 5.10 Å². The minimum absolute atomic E-state index is 0.720. The lowest BCUT2D eigenvalue weighted by Crippen LogP contribution is -2.31. The Morgan fingerprint density at radius 1 is 1.23 bits per heavy atom. The lowest BCUT2D eigenvalue weighted by Gasteiger charge is -2.27. The predicted octanol–water partition coefficient (Wildman–Crippen LogP) is 3.03. The van der Waals surface area contributed by atoms with Crippen molar-refractivity contribution in [2.45, 2.75) is 12.8 Å². The lowest BCUT2D eigenvalue weighted by molar-refractivity contribution is 0.308. The molecule has 0 aliphatic carbocycles. The van der Waals surface area contributed by atoms with Gasteiger partial charge in [0.2, 0.25) is 0 Å². The maximum absolute atomic E-state index is 13.2. The number of hydrogen-bond acceptors (Lipinski definition) is 2. The van der Waals surface area contributed by atoms with Gasteiger partial charge in [0.1, 0.15) is 0 Å². The third kappa shape index (κ3) is 3.42. The van der Waals surface area contributed by atoms with Gasteiger partial charge in [0, 0.05) is 38.4 Å². The maximum atomic E-state index is 13.2. The summed E-state index contributed by atoms with van der Waals surface area (Å²) in [6.45, 7) is 2.70. The van der Waals surface area contributed by atoms with E-state index in [1.165, 1.54) is 17.7 Å². The van der Waals surface area contributed by atoms with Gasteiger partial charge in [-0.3, -0.25) is 9.58 Å². The molecular weight excluding hydrogens is 284 g/mol. The Kier molecular flexibility index (Phi) is 4.34. The molecule has 0 atom stereocenters. The Bertz CT molecular complexity index is 691. The molecule has 1 aliphatic heterocycles. The molecule has 2 heterocycles. The first-order valence-corrected chi connectivity index (χ1v) is 7.46. The minimum atomic E-state index is -0.788. The highest BCUT2D eigenvalue weighted by Crippen LogP contribution is 2.20. The monoisotopic (exact) mass is 303 g/mol. The molecule has 0 amide bonds. The van der Waals surface area contributed by atoms with E-state index in [4.69, 9.17) is 0 Å². The van der Waals surface area contributed by atoms with Gasteiger partial charge >= 0.3 is 0 Å². The SMILES string of the molecule is Cn1cc(C2=CCCN(CCc3ccc(F)c(F)c3)C2)cn1. The van der Waals surface area contributed by atoms with Crippen LogP contribution in [0.1, 0.15) is 17.5 Å². The third-order valence-corrected chi connectivity index (χ3v) is 4.01. The van der Waals surface area contributed by atoms with Gasteiger partial charge in [-0.05, 0) is 36.1 Å². The topological polar surface area (TPSA) is 21.1 Å². The van der Waals surface area contributed by atoms with E-state index in [9.17, 15) is 8.78 Å². The fourth-order valence-corrected chi connectivity index (χ4v) is 2.78. The molecule has 3 rings (SSSR count). The average Bonchev–Trinajstić information content (AvgIpc) is 2.95. The van der Waals surface area contributed by atoms with Crippen molar-refractivity contribution in [3.05, 3.63) is 59.4 Å². The van der Waals surface area contributed by atoms with Crippen LogP contribution in [0.2, 0.25) is 0 Å². The summed E-state index contributed by atoms with van der Waals surface area (Å²) in [5.41, 5.74) is 3.26. The molecule has 0 bridgehead atoms. The average molecular weight is 303 g/mol. The Hall–Kier alpha value is -2.01. The fourth-order valence-electron chi connectivity index (χ4n) is 2.78. The molecule has 1 aliphatic rings. The van der Waals surface area contributed by atoms with Gasteiger partial charge in [-0.1, -0.05) is 12.1 Å². The van der Waals surface area contributed by atoms with Crippen LogP contribution in [-0.4, -0.2) is 34.3 Å². The maximum Gasteiger partial charge on any atom is 0.159 e. The van der Waals surface area contributed by atoms with Crippen LogP contribution in [0, 0.1) is 11.6 Å². The van der Waals surface area contributed by atoms with E-state index in [-0.39, 0.29) is 0 Å². The molecule has 2 aromatic rings. The van der Waals surface area contributed by atoms with Crippen molar-refractivity contribution in [1.82, 2.24) is 14.7 Å². The first-order valence-electron chi connectivity index (χ1n) is 7.46. The number of rotatable bonds is 4. The zero-order valence-corrected chi connectivity index (χ0v) is 12.6. The van der Waals surface area contributed by atoms with E-state index in [2.05, 4.69) is 16.1 Å². The Morgan fingerprint density at radius 3 is 2.82 bits per heavy atom. The van der Waals surface area contributed by atoms with Crippen molar-refractivity contribution in [3.63, 3.8) is 0 Å². The molecule has 0 radical (unpaired) electrons. The summed E-state index contributed by atoms with van der Waals surface area (Å²) in [6, 6.07) is 4.14. The van der Waals surface area contributed by atoms with Crippen LogP contribution in [0.5, 0.6) is 0 Å². The molecule has 3 nitrogen and oxygen atoms in total. The van der Waals surface area contributed by atoms with Gasteiger partial charge in [-0.25, -0.2) is 8.78 Å². The molecule has 0 N–H and O–H groups in total. The molecule has 0 saturated heterocycles. The molecule has 0 fully saturated rings. The first kappa shape index (κ1) is 14.9. The van der Waals surface area contributed by atoms with Crippen molar-refractivity contribution >= 4 is 5.57 Å². The van der Waals surface area contributed by atoms with Crippen LogP contribution in [0.15, 0.2) is 36.7 Å². The van der Waals surface area contributed by atoms with Gasteiger partial charge in [-0.15, -0.1) is 0 Å². The molecule has 0 unspecified atom stereocenters. The summed E-state index contributed by atoms with van der Waals surface area (Å²) in [5, 5.41) is 4.21. The summed E-state index contributed by atoms with van der Waals surface area (Å²) < 4.78 is 28.0. The number of aryl methyl sites for hydroxylation is 1. The van der Waals surface area contributed by atoms with Gasteiger partial charge in [0.25, 0.3) is 0 Å². The number of nitrogens with zero attached hydrogens (tertiary/aromatic N) is 3. The summed E-state index contributed by atoms with van der Waals surface area (Å²) in [7, 11) is 1.91. The minimum Gasteiger partial charge on any atom is -0.298 e. The largest absolute Gasteiger partial charge is 0.298 e. The predicted molar refractivity (Wildman–Crippen MR) is 82.3 cm³/mol. The Labute approximate surface area is 128 Å². The molecule has 0 spiro atoms. The van der Waals surface area contributed by atoms with Crippen LogP contribution in [0.25, 0.3) is 5.57 Å². The molecule has 1 aromatic heterocycles. The van der Waals surface area contributed by atoms with Gasteiger partial charge < -0.3 is 0 Å². The standard InChI is InChI=1S/C17H19F2N3/c1-21-11-15(10-20-21)14-3-2-7-22(12-14)8-6-13-4-5-16(18)17(19)9-13/h3-5,9-11H,2,6-8,12H2,1H3. The Balaban J connectivity index is 1.60. The van der Waals surface area contributed by atoms with E-state index in [1.54, 1.807) is 10.7 Å². The molecule has 0 saturated carbocycles. The first-order chi connectivity index (χ1) is 10.6. The van der Waals surface area contributed by atoms with Crippen LogP contribution in [0.4, 0.5) is 8.78 Å². The van der Waals surface area contributed by atoms with E-state index in [0.717, 1.165) is 43.6 Å². The molecule has 22 heavy (non-hydrogen) atoms. The summed E-state index contributed by atoms with van der Waals surface area (Å²) in [5.74, 6) is -1.56. The molecule has 116 valence electrons. The van der Waals surface area contributed by atoms with Crippen molar-refractivity contribution in [3.8, 4) is 0 Å². The molecular formula is C17H19F2N3. The quantitative estimate of drug-likeness (QED) is 0.865. The van der Waals surface area contributed by atoms with Crippen LogP contribution >= 0.6 is 0 Å². The summed E-state index contributed by atoms with van der Waals surface area (Å²) in [4.78, 5) is 2.34. The van der Waals surface area contributed by atoms with Crippen LogP contribution in [0.3, 0.4) is 0 Å². The zero-order chi connectivity index (χ0) is 15.5. The second kappa shape index (κ2) is 6.40. The van der Waals surface area contributed by atoms with Crippen molar-refractivity contribution in [2.75, 3.05) is 19.6 Å². The van der Waals surface area contributed by atoms with E-state index < -0.39 is 11.6 Å². The van der Waals surface area contributed by atoms with E-state index in [1.807, 2.05) is 19.4 Å². The second-order valence-corrected chi connectivity index (χ2v) is 5.70. The molecule has 5 heteroatoms. The number of aromatic nitrogens is 2. The highest BCUT2D eigenvalue weighted by atomic mass is 19.2. The summed E-state index contributed by atoms with van der Waals surface area (Å²) >= 11 is 0. The summed E-state index contributed by atoms with van der Waals surface area (Å²) in [6.07, 6.45) is 7.87. The molecule has 1 aromatic carbocycles. The van der Waals surface area contributed by atoms with Gasteiger partial charge in [0.15, 0.2) is 11.6 Å². The van der Waals surface area contributed by atoms with Gasteiger partial charge in [0.05, 0.1) is 6.20 Å². The number of halogens is 2. The lowest BCUT2D eigenvalue weighted by atomic mass is 10.0. The highest BCUT2D eigenvalue weighted by Gasteiger charge is 2.15. The van der Waals surface area contributed by atoms with Crippen LogP contribution in [-0.2, 0) is 13.5 Å². The second-order valence-electron chi connectivity index (χ2n) is 5.70. The van der Waals surface area contributed by atoms with Crippen LogP contribution < -0.4 is 0 Å². The number of hydrogen-bond donors (Lipinski definition) is 0. The zero-order valence-electron chi connectivity index (χ0n) is 12.6. The van der Waals surface area contributed by atoms with Crippen molar-refractivity contribution < 1.29 is 8.78 Å². The Morgan fingerprint density at radius 2 is 2.09 bits per heavy atom. The van der Waals surface area contributed by atoms with Crippen molar-refractivity contribution in [2.24, 2.45) is 7.05 Å². The number of benzene rings is 1. The van der Waals surface area contributed by atoms with E-state index in [0.29, 0.717) is 0 Å². The van der Waals surface area contributed by atoms with E-state index >= 15 is 0 Å². The smallest absolute Gasteiger partial charge is 0.159 e. The normalized spacial score (nSPS) is 15.9. The fraction of sp³-hybridized carbons (Fsp3) is 0.353. The highest BCUT2D eigenvalue weighted by molar-refractivity contribution is 5.66. The van der Waals surface area contributed by atoms with Crippen molar-refractivity contribution in [1.29, 1.82) is 0 Å².